The second-order valence-electron chi connectivity index (χ2n) is 4.55. The molecule has 0 N–H and O–H groups in total. The van der Waals surface area contributed by atoms with E-state index in [1.807, 2.05) is 24.0 Å². The van der Waals surface area contributed by atoms with Gasteiger partial charge in [0.1, 0.15) is 17.4 Å². The Hall–Kier alpha value is -1.55. The summed E-state index contributed by atoms with van der Waals surface area (Å²) in [6.45, 7) is 3.57. The molecule has 0 saturated carbocycles. The van der Waals surface area contributed by atoms with Gasteiger partial charge >= 0.3 is 0 Å². The van der Waals surface area contributed by atoms with Crippen LogP contribution < -0.4 is 4.74 Å². The molecule has 0 unspecified atom stereocenters. The van der Waals surface area contributed by atoms with E-state index in [0.29, 0.717) is 6.61 Å². The molecule has 2 aromatic rings. The van der Waals surface area contributed by atoms with Gasteiger partial charge in [-0.3, -0.25) is 4.68 Å². The zero-order chi connectivity index (χ0) is 11.8. The minimum atomic E-state index is 0.169. The summed E-state index contributed by atoms with van der Waals surface area (Å²) in [5.74, 6) is 0.863. The van der Waals surface area contributed by atoms with Crippen molar-refractivity contribution < 1.29 is 9.47 Å². The van der Waals surface area contributed by atoms with Crippen molar-refractivity contribution in [3.05, 3.63) is 23.9 Å². The van der Waals surface area contributed by atoms with Crippen molar-refractivity contribution in [1.29, 1.82) is 0 Å². The molecule has 0 aliphatic carbocycles. The van der Waals surface area contributed by atoms with Gasteiger partial charge in [-0.2, -0.15) is 5.10 Å². The predicted octanol–water partition coefficient (Wildman–Crippen LogP) is 2.05. The molecule has 1 fully saturated rings. The van der Waals surface area contributed by atoms with E-state index in [0.717, 1.165) is 29.7 Å². The fraction of sp³-hybridized carbons (Fsp3) is 0.462. The molecular weight excluding hydrogens is 216 g/mol. The zero-order valence-electron chi connectivity index (χ0n) is 10.1. The lowest BCUT2D eigenvalue weighted by atomic mass is 10.1. The van der Waals surface area contributed by atoms with Crippen molar-refractivity contribution in [3.63, 3.8) is 0 Å². The average molecular weight is 232 g/mol. The summed E-state index contributed by atoms with van der Waals surface area (Å²) >= 11 is 0. The van der Waals surface area contributed by atoms with Crippen LogP contribution in [0, 0.1) is 6.92 Å². The van der Waals surface area contributed by atoms with E-state index in [-0.39, 0.29) is 6.10 Å². The maximum absolute atomic E-state index is 5.96. The van der Waals surface area contributed by atoms with Crippen molar-refractivity contribution in [2.75, 3.05) is 13.2 Å². The standard InChI is InChI=1S/C13H16N2O2/c1-9-3-4-12(17-10-5-6-16-8-10)13-11(9)7-15(2)14-13/h3-4,7,10H,5-6,8H2,1-2H3/t10-/m0/s1. The third kappa shape index (κ3) is 1.89. The van der Waals surface area contributed by atoms with Gasteiger partial charge in [-0.15, -0.1) is 0 Å². The summed E-state index contributed by atoms with van der Waals surface area (Å²) < 4.78 is 13.1. The Morgan fingerprint density at radius 1 is 1.47 bits per heavy atom. The van der Waals surface area contributed by atoms with Crippen LogP contribution in [-0.4, -0.2) is 29.1 Å². The van der Waals surface area contributed by atoms with E-state index in [1.54, 1.807) is 0 Å². The number of hydrogen-bond acceptors (Lipinski definition) is 3. The predicted molar refractivity (Wildman–Crippen MR) is 65.3 cm³/mol. The fourth-order valence-corrected chi connectivity index (χ4v) is 2.21. The number of rotatable bonds is 2. The SMILES string of the molecule is Cc1ccc(O[C@H]2CCOC2)c2nn(C)cc12. The third-order valence-corrected chi connectivity index (χ3v) is 3.15. The monoisotopic (exact) mass is 232 g/mol. The first-order valence-corrected chi connectivity index (χ1v) is 5.91. The van der Waals surface area contributed by atoms with Gasteiger partial charge in [0, 0.05) is 25.1 Å². The Balaban J connectivity index is 2.00. The first-order valence-electron chi connectivity index (χ1n) is 5.91. The number of ether oxygens (including phenoxy) is 2. The summed E-state index contributed by atoms with van der Waals surface area (Å²) in [7, 11) is 1.93. The van der Waals surface area contributed by atoms with Crippen LogP contribution in [0.1, 0.15) is 12.0 Å². The van der Waals surface area contributed by atoms with E-state index < -0.39 is 0 Å². The molecule has 1 aliphatic rings. The lowest BCUT2D eigenvalue weighted by Gasteiger charge is -2.12. The van der Waals surface area contributed by atoms with Gasteiger partial charge in [0.25, 0.3) is 0 Å². The fourth-order valence-electron chi connectivity index (χ4n) is 2.21. The number of nitrogens with zero attached hydrogens (tertiary/aromatic N) is 2. The van der Waals surface area contributed by atoms with Crippen LogP contribution in [0.25, 0.3) is 10.9 Å². The molecule has 90 valence electrons. The molecule has 4 nitrogen and oxygen atoms in total. The summed E-state index contributed by atoms with van der Waals surface area (Å²) in [5.41, 5.74) is 2.17. The van der Waals surface area contributed by atoms with Gasteiger partial charge < -0.3 is 9.47 Å². The Labute approximate surface area is 100 Å². The van der Waals surface area contributed by atoms with Crippen molar-refractivity contribution in [1.82, 2.24) is 9.78 Å². The molecule has 1 atom stereocenters. The van der Waals surface area contributed by atoms with Crippen LogP contribution in [0.2, 0.25) is 0 Å². The summed E-state index contributed by atoms with van der Waals surface area (Å²) in [4.78, 5) is 0. The number of benzene rings is 1. The van der Waals surface area contributed by atoms with Gasteiger partial charge in [-0.1, -0.05) is 6.07 Å². The maximum atomic E-state index is 5.96. The number of hydrogen-bond donors (Lipinski definition) is 0. The molecule has 1 aliphatic heterocycles. The zero-order valence-corrected chi connectivity index (χ0v) is 10.1. The summed E-state index contributed by atoms with van der Waals surface area (Å²) in [6, 6.07) is 4.08. The van der Waals surface area contributed by atoms with Crippen molar-refractivity contribution >= 4 is 10.9 Å². The van der Waals surface area contributed by atoms with Gasteiger partial charge in [-0.05, 0) is 18.6 Å². The largest absolute Gasteiger partial charge is 0.486 e. The Bertz CT molecular complexity index is 542. The molecule has 0 amide bonds. The van der Waals surface area contributed by atoms with Crippen molar-refractivity contribution in [2.24, 2.45) is 7.05 Å². The number of aromatic nitrogens is 2. The lowest BCUT2D eigenvalue weighted by Crippen LogP contribution is -2.15. The van der Waals surface area contributed by atoms with E-state index >= 15 is 0 Å². The number of aryl methyl sites for hydroxylation is 2. The second-order valence-corrected chi connectivity index (χ2v) is 4.55. The van der Waals surface area contributed by atoms with Gasteiger partial charge in [0.2, 0.25) is 0 Å². The normalized spacial score (nSPS) is 20.0. The maximum Gasteiger partial charge on any atom is 0.147 e. The molecule has 17 heavy (non-hydrogen) atoms. The Morgan fingerprint density at radius 3 is 3.12 bits per heavy atom. The van der Waals surface area contributed by atoms with E-state index in [1.165, 1.54) is 5.56 Å². The van der Waals surface area contributed by atoms with Gasteiger partial charge in [0.05, 0.1) is 13.2 Å². The summed E-state index contributed by atoms with van der Waals surface area (Å²) in [5, 5.41) is 5.62. The van der Waals surface area contributed by atoms with Crippen LogP contribution in [0.15, 0.2) is 18.3 Å². The molecule has 4 heteroatoms. The highest BCUT2D eigenvalue weighted by atomic mass is 16.5. The van der Waals surface area contributed by atoms with E-state index in [2.05, 4.69) is 18.1 Å². The highest BCUT2D eigenvalue weighted by Gasteiger charge is 2.19. The van der Waals surface area contributed by atoms with Crippen LogP contribution in [-0.2, 0) is 11.8 Å². The molecule has 0 spiro atoms. The molecule has 3 rings (SSSR count). The number of fused-ring (bicyclic) bond motifs is 1. The van der Waals surface area contributed by atoms with Crippen molar-refractivity contribution in [3.8, 4) is 5.75 Å². The highest BCUT2D eigenvalue weighted by Crippen LogP contribution is 2.28. The van der Waals surface area contributed by atoms with E-state index in [4.69, 9.17) is 9.47 Å². The second kappa shape index (κ2) is 4.04. The minimum Gasteiger partial charge on any atom is -0.486 e. The molecule has 1 saturated heterocycles. The molecule has 2 heterocycles. The quantitative estimate of drug-likeness (QED) is 0.795. The molecule has 1 aromatic heterocycles. The first-order chi connectivity index (χ1) is 8.24. The molecular formula is C13H16N2O2. The molecule has 0 bridgehead atoms. The van der Waals surface area contributed by atoms with Crippen molar-refractivity contribution in [2.45, 2.75) is 19.4 Å². The Morgan fingerprint density at radius 2 is 2.35 bits per heavy atom. The molecule has 1 aromatic carbocycles. The van der Waals surface area contributed by atoms with Crippen LogP contribution in [0.3, 0.4) is 0 Å². The smallest absolute Gasteiger partial charge is 0.147 e. The Kier molecular flexibility index (Phi) is 2.52. The highest BCUT2D eigenvalue weighted by molar-refractivity contribution is 5.87. The minimum absolute atomic E-state index is 0.169. The van der Waals surface area contributed by atoms with Gasteiger partial charge in [0.15, 0.2) is 0 Å². The van der Waals surface area contributed by atoms with Crippen LogP contribution in [0.5, 0.6) is 5.75 Å². The molecule has 0 radical (unpaired) electrons. The summed E-state index contributed by atoms with van der Waals surface area (Å²) in [6.07, 6.45) is 3.16. The topological polar surface area (TPSA) is 36.3 Å². The average Bonchev–Trinajstić information content (AvgIpc) is 2.91. The van der Waals surface area contributed by atoms with Crippen LogP contribution >= 0.6 is 0 Å². The van der Waals surface area contributed by atoms with E-state index in [9.17, 15) is 0 Å². The van der Waals surface area contributed by atoms with Crippen LogP contribution in [0.4, 0.5) is 0 Å². The third-order valence-electron chi connectivity index (χ3n) is 3.15. The van der Waals surface area contributed by atoms with Gasteiger partial charge in [-0.25, -0.2) is 0 Å². The lowest BCUT2D eigenvalue weighted by molar-refractivity contribution is 0.142. The first kappa shape index (κ1) is 10.6.